The number of rotatable bonds is 2. The molecule has 1 fully saturated rings. The van der Waals surface area contributed by atoms with E-state index in [0.29, 0.717) is 16.1 Å². The second kappa shape index (κ2) is 7.12. The van der Waals surface area contributed by atoms with Gasteiger partial charge >= 0.3 is 0 Å². The molecular formula is C16H20FNOS. The average molecular weight is 293 g/mol. The normalized spacial score (nSPS) is 23.2. The van der Waals surface area contributed by atoms with Crippen molar-refractivity contribution in [2.24, 2.45) is 0 Å². The van der Waals surface area contributed by atoms with Gasteiger partial charge in [-0.25, -0.2) is 4.39 Å². The van der Waals surface area contributed by atoms with Crippen LogP contribution in [0, 0.1) is 17.7 Å². The third-order valence-electron chi connectivity index (χ3n) is 3.23. The zero-order valence-electron chi connectivity index (χ0n) is 11.9. The van der Waals surface area contributed by atoms with Crippen LogP contribution in [0.5, 0.6) is 0 Å². The van der Waals surface area contributed by atoms with Crippen LogP contribution in [0.15, 0.2) is 18.2 Å². The summed E-state index contributed by atoms with van der Waals surface area (Å²) in [5.41, 5.74) is 1.43. The third kappa shape index (κ3) is 4.24. The molecule has 2 atom stereocenters. The molecule has 1 aliphatic rings. The van der Waals surface area contributed by atoms with Crippen molar-refractivity contribution >= 4 is 11.8 Å². The molecule has 0 saturated carbocycles. The highest BCUT2D eigenvalue weighted by Gasteiger charge is 2.22. The van der Waals surface area contributed by atoms with E-state index in [1.807, 2.05) is 17.8 Å². The topological polar surface area (TPSA) is 23.5 Å². The van der Waals surface area contributed by atoms with Crippen molar-refractivity contribution < 1.29 is 9.50 Å². The minimum Gasteiger partial charge on any atom is -0.384 e. The number of aliphatic hydroxyl groups is 1. The first-order valence-electron chi connectivity index (χ1n) is 6.84. The average Bonchev–Trinajstić information content (AvgIpc) is 2.38. The molecule has 1 N–H and O–H groups in total. The monoisotopic (exact) mass is 293 g/mol. The Labute approximate surface area is 124 Å². The van der Waals surface area contributed by atoms with Gasteiger partial charge in [-0.1, -0.05) is 31.8 Å². The van der Waals surface area contributed by atoms with Crippen molar-refractivity contribution in [2.45, 2.75) is 30.9 Å². The summed E-state index contributed by atoms with van der Waals surface area (Å²) in [6, 6.07) is 5.06. The third-order valence-corrected chi connectivity index (χ3v) is 4.46. The van der Waals surface area contributed by atoms with Crippen LogP contribution >= 0.6 is 11.8 Å². The molecule has 1 saturated heterocycles. The van der Waals surface area contributed by atoms with Gasteiger partial charge in [0.25, 0.3) is 0 Å². The van der Waals surface area contributed by atoms with E-state index in [0.717, 1.165) is 25.2 Å². The van der Waals surface area contributed by atoms with Crippen LogP contribution in [0.25, 0.3) is 0 Å². The standard InChI is InChI=1S/C16H20FNOS/c1-12-9-18(10-13(2)20-12)11-14-5-6-16(17)15(8-14)4-3-7-19/h5-6,8,12-13,19H,7,9-11H2,1-2H3. The summed E-state index contributed by atoms with van der Waals surface area (Å²) in [5.74, 6) is 4.83. The molecule has 0 spiro atoms. The van der Waals surface area contributed by atoms with Crippen LogP contribution in [-0.4, -0.2) is 40.2 Å². The molecule has 2 nitrogen and oxygen atoms in total. The Balaban J connectivity index is 2.09. The van der Waals surface area contributed by atoms with E-state index < -0.39 is 0 Å². The predicted molar refractivity (Wildman–Crippen MR) is 82.2 cm³/mol. The lowest BCUT2D eigenvalue weighted by Crippen LogP contribution is -2.39. The Bertz CT molecular complexity index is 513. The summed E-state index contributed by atoms with van der Waals surface area (Å²) in [7, 11) is 0. The molecule has 2 rings (SSSR count). The number of benzene rings is 1. The fraction of sp³-hybridized carbons (Fsp3) is 0.500. The molecular weight excluding hydrogens is 273 g/mol. The van der Waals surface area contributed by atoms with Gasteiger partial charge in [-0.05, 0) is 17.7 Å². The molecule has 0 radical (unpaired) electrons. The smallest absolute Gasteiger partial charge is 0.138 e. The summed E-state index contributed by atoms with van der Waals surface area (Å²) in [5, 5.41) is 9.97. The van der Waals surface area contributed by atoms with Crippen molar-refractivity contribution in [3.05, 3.63) is 35.1 Å². The summed E-state index contributed by atoms with van der Waals surface area (Å²) in [6.45, 7) is 7.19. The highest BCUT2D eigenvalue weighted by atomic mass is 32.2. The molecule has 0 aliphatic carbocycles. The summed E-state index contributed by atoms with van der Waals surface area (Å²) >= 11 is 2.02. The molecule has 1 heterocycles. The lowest BCUT2D eigenvalue weighted by Gasteiger charge is -2.34. The van der Waals surface area contributed by atoms with Crippen LogP contribution in [-0.2, 0) is 6.54 Å². The van der Waals surface area contributed by atoms with Crippen molar-refractivity contribution in [1.29, 1.82) is 0 Å². The lowest BCUT2D eigenvalue weighted by molar-refractivity contribution is 0.263. The van der Waals surface area contributed by atoms with Crippen LogP contribution in [0.1, 0.15) is 25.0 Å². The number of hydrogen-bond donors (Lipinski definition) is 1. The fourth-order valence-corrected chi connectivity index (χ4v) is 3.96. The van der Waals surface area contributed by atoms with E-state index in [1.54, 1.807) is 6.07 Å². The van der Waals surface area contributed by atoms with E-state index in [2.05, 4.69) is 30.6 Å². The highest BCUT2D eigenvalue weighted by Crippen LogP contribution is 2.25. The van der Waals surface area contributed by atoms with Crippen LogP contribution in [0.2, 0.25) is 0 Å². The molecule has 20 heavy (non-hydrogen) atoms. The molecule has 108 valence electrons. The van der Waals surface area contributed by atoms with Crippen molar-refractivity contribution in [3.8, 4) is 11.8 Å². The minimum atomic E-state index is -0.328. The number of hydrogen-bond acceptors (Lipinski definition) is 3. The van der Waals surface area contributed by atoms with Gasteiger partial charge in [0.2, 0.25) is 0 Å². The zero-order chi connectivity index (χ0) is 14.5. The highest BCUT2D eigenvalue weighted by molar-refractivity contribution is 8.00. The summed E-state index contributed by atoms with van der Waals surface area (Å²) in [6.07, 6.45) is 0. The van der Waals surface area contributed by atoms with Gasteiger partial charge in [0.05, 0.1) is 5.56 Å². The number of nitrogens with zero attached hydrogens (tertiary/aromatic N) is 1. The van der Waals surface area contributed by atoms with Crippen LogP contribution < -0.4 is 0 Å². The van der Waals surface area contributed by atoms with E-state index in [-0.39, 0.29) is 12.4 Å². The number of halogens is 1. The van der Waals surface area contributed by atoms with E-state index in [1.165, 1.54) is 6.07 Å². The maximum atomic E-state index is 13.6. The van der Waals surface area contributed by atoms with Gasteiger partial charge < -0.3 is 5.11 Å². The summed E-state index contributed by atoms with van der Waals surface area (Å²) < 4.78 is 13.6. The van der Waals surface area contributed by atoms with E-state index in [4.69, 9.17) is 5.11 Å². The minimum absolute atomic E-state index is 0.248. The maximum absolute atomic E-state index is 13.6. The first-order valence-corrected chi connectivity index (χ1v) is 7.78. The van der Waals surface area contributed by atoms with Gasteiger partial charge in [-0.3, -0.25) is 4.90 Å². The van der Waals surface area contributed by atoms with Crippen molar-refractivity contribution in [1.82, 2.24) is 4.90 Å². The molecule has 2 unspecified atom stereocenters. The second-order valence-electron chi connectivity index (χ2n) is 5.23. The van der Waals surface area contributed by atoms with E-state index >= 15 is 0 Å². The Morgan fingerprint density at radius 2 is 2.05 bits per heavy atom. The molecule has 1 aliphatic heterocycles. The van der Waals surface area contributed by atoms with Gasteiger partial charge in [-0.2, -0.15) is 11.8 Å². The van der Waals surface area contributed by atoms with Gasteiger partial charge in [0, 0.05) is 30.1 Å². The second-order valence-corrected chi connectivity index (χ2v) is 7.11. The fourth-order valence-electron chi connectivity index (χ4n) is 2.57. The Morgan fingerprint density at radius 1 is 1.35 bits per heavy atom. The molecule has 4 heteroatoms. The maximum Gasteiger partial charge on any atom is 0.138 e. The van der Waals surface area contributed by atoms with Crippen molar-refractivity contribution in [2.75, 3.05) is 19.7 Å². The Hall–Kier alpha value is -1.02. The zero-order valence-corrected chi connectivity index (χ0v) is 12.7. The largest absolute Gasteiger partial charge is 0.384 e. The first-order chi connectivity index (χ1) is 9.58. The molecule has 1 aromatic rings. The molecule has 0 aromatic heterocycles. The number of aliphatic hydroxyl groups excluding tert-OH is 1. The molecule has 0 bridgehead atoms. The molecule has 0 amide bonds. The van der Waals surface area contributed by atoms with Crippen molar-refractivity contribution in [3.63, 3.8) is 0 Å². The SMILES string of the molecule is CC1CN(Cc2ccc(F)c(C#CCO)c2)CC(C)S1. The van der Waals surface area contributed by atoms with Crippen LogP contribution in [0.3, 0.4) is 0 Å². The predicted octanol–water partition coefficient (Wildman–Crippen LogP) is 2.50. The van der Waals surface area contributed by atoms with Gasteiger partial charge in [-0.15, -0.1) is 0 Å². The Morgan fingerprint density at radius 3 is 2.70 bits per heavy atom. The van der Waals surface area contributed by atoms with E-state index in [9.17, 15) is 4.39 Å². The van der Waals surface area contributed by atoms with Gasteiger partial charge in [0.15, 0.2) is 0 Å². The van der Waals surface area contributed by atoms with Gasteiger partial charge in [0.1, 0.15) is 12.4 Å². The lowest BCUT2D eigenvalue weighted by atomic mass is 10.1. The summed E-state index contributed by atoms with van der Waals surface area (Å²) in [4.78, 5) is 2.41. The quantitative estimate of drug-likeness (QED) is 0.848. The Kier molecular flexibility index (Phi) is 5.47. The first kappa shape index (κ1) is 15.4. The number of thioether (sulfide) groups is 1. The molecule has 1 aromatic carbocycles. The van der Waals surface area contributed by atoms with Crippen LogP contribution in [0.4, 0.5) is 4.39 Å².